The third-order valence-corrected chi connectivity index (χ3v) is 15.1. The topological polar surface area (TPSA) is 199 Å². The molecule has 6 aliphatic rings. The smallest absolute Gasteiger partial charge is 0.187 e. The zero-order chi connectivity index (χ0) is 37.0. The maximum atomic E-state index is 11.6. The SMILES string of the molecule is CC(C)CCC[C@@H](C)[C@H]1CC[C@H]2[C@@H]3CC[C@H]4C[C@@H](O[C@H]5O[C@H](CO)[C@@H](O[C@H]6O[C@H](CO)[C@@H](O)[C@H](O)[C@H]6O)[C@H](O)[C@H]5O)[C@H](O)C[C@]4(C)[C@H]3CC[C@]12C. The van der Waals surface area contributed by atoms with Crippen LogP contribution in [0.5, 0.6) is 0 Å². The Bertz CT molecular complexity index is 1140. The van der Waals surface area contributed by atoms with Gasteiger partial charge in [0, 0.05) is 0 Å². The molecule has 12 nitrogen and oxygen atoms in total. The highest BCUT2D eigenvalue weighted by Crippen LogP contribution is 2.68. The molecule has 0 radical (unpaired) electrons. The van der Waals surface area contributed by atoms with Gasteiger partial charge in [-0.25, -0.2) is 0 Å². The molecule has 51 heavy (non-hydrogen) atoms. The molecule has 12 heteroatoms. The van der Waals surface area contributed by atoms with E-state index in [1.807, 2.05) is 0 Å². The van der Waals surface area contributed by atoms with Crippen molar-refractivity contribution in [3.8, 4) is 0 Å². The molecule has 0 amide bonds. The molecule has 6 fully saturated rings. The van der Waals surface area contributed by atoms with Crippen LogP contribution in [0.3, 0.4) is 0 Å². The Kier molecular flexibility index (Phi) is 12.6. The predicted octanol–water partition coefficient (Wildman–Crippen LogP) is 2.09. The molecular weight excluding hydrogens is 660 g/mol. The summed E-state index contributed by atoms with van der Waals surface area (Å²) in [4.78, 5) is 0. The highest BCUT2D eigenvalue weighted by molar-refractivity contribution is 5.11. The standard InChI is InChI=1S/C39H68O12/c1-19(2)7-6-8-20(3)23-11-12-24-22-10-9-21-15-27(26(42)16-39(21,5)25(22)13-14-38(23,24)4)48-36-34(47)32(45)35(29(18-41)50-36)51-37-33(46)31(44)30(43)28(17-40)49-37/h19-37,40-47H,6-18H2,1-5H3/t20-,21+,22+,23-,24+,25+,26-,27-,28-,29-,30-,31+,32-,33-,34-,35-,36+,37-,38-,39+/m1/s1. The van der Waals surface area contributed by atoms with Crippen molar-refractivity contribution in [1.29, 1.82) is 0 Å². The Morgan fingerprint density at radius 1 is 0.686 bits per heavy atom. The fourth-order valence-electron chi connectivity index (χ4n) is 12.3. The molecule has 2 heterocycles. The molecule has 0 aromatic rings. The van der Waals surface area contributed by atoms with Gasteiger partial charge in [-0.05, 0) is 104 Å². The number of fused-ring (bicyclic) bond motifs is 5. The van der Waals surface area contributed by atoms with E-state index in [-0.39, 0.29) is 5.41 Å². The van der Waals surface area contributed by atoms with E-state index in [1.165, 1.54) is 51.4 Å². The van der Waals surface area contributed by atoms with E-state index in [2.05, 4.69) is 34.6 Å². The molecule has 0 aromatic carbocycles. The minimum absolute atomic E-state index is 0.0198. The highest BCUT2D eigenvalue weighted by atomic mass is 16.7. The van der Waals surface area contributed by atoms with E-state index < -0.39 is 86.8 Å². The van der Waals surface area contributed by atoms with Gasteiger partial charge in [-0.2, -0.15) is 0 Å². The number of ether oxygens (including phenoxy) is 4. The molecule has 4 aliphatic carbocycles. The van der Waals surface area contributed by atoms with E-state index in [1.54, 1.807) is 0 Å². The molecule has 2 aliphatic heterocycles. The number of aliphatic hydroxyl groups excluding tert-OH is 8. The van der Waals surface area contributed by atoms with Crippen LogP contribution in [0.15, 0.2) is 0 Å². The van der Waals surface area contributed by atoms with Crippen LogP contribution in [0.1, 0.15) is 105 Å². The first-order valence-corrected chi connectivity index (χ1v) is 20.1. The summed E-state index contributed by atoms with van der Waals surface area (Å²) in [7, 11) is 0. The maximum Gasteiger partial charge on any atom is 0.187 e. The van der Waals surface area contributed by atoms with Crippen molar-refractivity contribution in [3.05, 3.63) is 0 Å². The summed E-state index contributed by atoms with van der Waals surface area (Å²) in [5.41, 5.74) is 0.372. The lowest BCUT2D eigenvalue weighted by Gasteiger charge is -2.62. The molecular formula is C39H68O12. The molecule has 2 saturated heterocycles. The second kappa shape index (κ2) is 15.9. The zero-order valence-electron chi connectivity index (χ0n) is 31.4. The van der Waals surface area contributed by atoms with Crippen LogP contribution in [0.25, 0.3) is 0 Å². The van der Waals surface area contributed by atoms with Crippen molar-refractivity contribution in [2.45, 2.75) is 179 Å². The first-order chi connectivity index (χ1) is 24.1. The summed E-state index contributed by atoms with van der Waals surface area (Å²) in [6, 6.07) is 0. The normalized spacial score (nSPS) is 52.2. The number of rotatable bonds is 11. The van der Waals surface area contributed by atoms with Crippen LogP contribution in [0.4, 0.5) is 0 Å². The van der Waals surface area contributed by atoms with Crippen molar-refractivity contribution in [3.63, 3.8) is 0 Å². The predicted molar refractivity (Wildman–Crippen MR) is 186 cm³/mol. The van der Waals surface area contributed by atoms with Crippen molar-refractivity contribution >= 4 is 0 Å². The number of hydrogen-bond acceptors (Lipinski definition) is 12. The maximum absolute atomic E-state index is 11.6. The molecule has 0 spiro atoms. The van der Waals surface area contributed by atoms with Gasteiger partial charge in [0.15, 0.2) is 12.6 Å². The van der Waals surface area contributed by atoms with Crippen LogP contribution in [0, 0.1) is 52.3 Å². The lowest BCUT2D eigenvalue weighted by Crippen LogP contribution is -2.65. The van der Waals surface area contributed by atoms with Crippen molar-refractivity contribution in [2.75, 3.05) is 13.2 Å². The van der Waals surface area contributed by atoms with Gasteiger partial charge in [0.25, 0.3) is 0 Å². The summed E-state index contributed by atoms with van der Waals surface area (Å²) in [5, 5.41) is 84.3. The quantitative estimate of drug-likeness (QED) is 0.145. The highest BCUT2D eigenvalue weighted by Gasteiger charge is 2.62. The minimum atomic E-state index is -1.74. The Labute approximate surface area is 303 Å². The van der Waals surface area contributed by atoms with Crippen molar-refractivity contribution in [1.82, 2.24) is 0 Å². The van der Waals surface area contributed by atoms with Crippen LogP contribution >= 0.6 is 0 Å². The van der Waals surface area contributed by atoms with Gasteiger partial charge in [0.2, 0.25) is 0 Å². The Morgan fingerprint density at radius 3 is 2.02 bits per heavy atom. The minimum Gasteiger partial charge on any atom is -0.394 e. The van der Waals surface area contributed by atoms with Crippen LogP contribution in [-0.4, -0.2) is 128 Å². The summed E-state index contributed by atoms with van der Waals surface area (Å²) in [6.07, 6.45) is -4.04. The molecule has 6 rings (SSSR count). The Hall–Kier alpha value is -0.480. The van der Waals surface area contributed by atoms with Crippen molar-refractivity contribution < 1.29 is 59.8 Å². The second-order valence-corrected chi connectivity index (χ2v) is 18.4. The molecule has 8 N–H and O–H groups in total. The summed E-state index contributed by atoms with van der Waals surface area (Å²) in [6.45, 7) is 10.8. The van der Waals surface area contributed by atoms with Gasteiger partial charge in [-0.15, -0.1) is 0 Å². The van der Waals surface area contributed by atoms with Gasteiger partial charge < -0.3 is 59.8 Å². The second-order valence-electron chi connectivity index (χ2n) is 18.4. The molecule has 0 bridgehead atoms. The summed E-state index contributed by atoms with van der Waals surface area (Å²) in [5.74, 6) is 4.61. The van der Waals surface area contributed by atoms with E-state index in [4.69, 9.17) is 18.9 Å². The van der Waals surface area contributed by atoms with Gasteiger partial charge in [-0.3, -0.25) is 0 Å². The molecule has 20 atom stereocenters. The first kappa shape index (κ1) is 40.2. The van der Waals surface area contributed by atoms with Gasteiger partial charge >= 0.3 is 0 Å². The van der Waals surface area contributed by atoms with E-state index in [9.17, 15) is 40.9 Å². The fourth-order valence-corrected chi connectivity index (χ4v) is 12.3. The third kappa shape index (κ3) is 7.45. The average Bonchev–Trinajstić information content (AvgIpc) is 3.45. The molecule has 0 aromatic heterocycles. The Balaban J connectivity index is 1.08. The molecule has 296 valence electrons. The van der Waals surface area contributed by atoms with Gasteiger partial charge in [0.05, 0.1) is 25.4 Å². The summed E-state index contributed by atoms with van der Waals surface area (Å²) >= 11 is 0. The number of hydrogen-bond donors (Lipinski definition) is 8. The van der Waals surface area contributed by atoms with Crippen LogP contribution in [0.2, 0.25) is 0 Å². The average molecular weight is 729 g/mol. The van der Waals surface area contributed by atoms with Gasteiger partial charge in [0.1, 0.15) is 48.8 Å². The first-order valence-electron chi connectivity index (χ1n) is 20.1. The van der Waals surface area contributed by atoms with E-state index in [0.29, 0.717) is 36.0 Å². The monoisotopic (exact) mass is 728 g/mol. The lowest BCUT2D eigenvalue weighted by molar-refractivity contribution is -0.366. The third-order valence-electron chi connectivity index (χ3n) is 15.1. The van der Waals surface area contributed by atoms with Crippen molar-refractivity contribution in [2.24, 2.45) is 52.3 Å². The van der Waals surface area contributed by atoms with E-state index in [0.717, 1.165) is 30.1 Å². The largest absolute Gasteiger partial charge is 0.394 e. The molecule has 0 unspecified atom stereocenters. The van der Waals surface area contributed by atoms with E-state index >= 15 is 0 Å². The molecule has 4 saturated carbocycles. The Morgan fingerprint density at radius 2 is 1.33 bits per heavy atom. The lowest BCUT2D eigenvalue weighted by atomic mass is 9.44. The van der Waals surface area contributed by atoms with Gasteiger partial charge in [-0.1, -0.05) is 53.9 Å². The van der Waals surface area contributed by atoms with Crippen LogP contribution in [-0.2, 0) is 18.9 Å². The summed E-state index contributed by atoms with van der Waals surface area (Å²) < 4.78 is 23.3. The fraction of sp³-hybridized carbons (Fsp3) is 1.00. The number of aliphatic hydroxyl groups is 8. The van der Waals surface area contributed by atoms with Crippen LogP contribution < -0.4 is 0 Å². The zero-order valence-corrected chi connectivity index (χ0v) is 31.4.